The highest BCUT2D eigenvalue weighted by Gasteiger charge is 2.12. The smallest absolute Gasteiger partial charge is 0.258 e. The van der Waals surface area contributed by atoms with Gasteiger partial charge in [-0.15, -0.1) is 0 Å². The van der Waals surface area contributed by atoms with Gasteiger partial charge >= 0.3 is 0 Å². The summed E-state index contributed by atoms with van der Waals surface area (Å²) < 4.78 is 5.24. The van der Waals surface area contributed by atoms with Crippen molar-refractivity contribution in [3.05, 3.63) is 42.5 Å². The molecule has 7 nitrogen and oxygen atoms in total. The topological polar surface area (TPSA) is 101 Å². The van der Waals surface area contributed by atoms with Crippen LogP contribution in [0.25, 0.3) is 33.9 Å². The van der Waals surface area contributed by atoms with E-state index in [1.54, 1.807) is 6.07 Å². The lowest BCUT2D eigenvalue weighted by molar-refractivity contribution is 0.432. The van der Waals surface area contributed by atoms with Gasteiger partial charge in [-0.1, -0.05) is 11.2 Å². The molecule has 0 atom stereocenters. The second-order valence-electron chi connectivity index (χ2n) is 4.33. The van der Waals surface area contributed by atoms with E-state index in [2.05, 4.69) is 37.7 Å². The highest BCUT2D eigenvalue weighted by atomic mass is 16.5. The summed E-state index contributed by atoms with van der Waals surface area (Å²) in [6.07, 6.45) is 0. The SMILES string of the molecule is Oc1c#cc(-c2noc(-c3ccc4n[nH]nc4c3)n2)cc1. The average Bonchev–Trinajstić information content (AvgIpc) is 3.16. The largest absolute Gasteiger partial charge is 0.501 e. The van der Waals surface area contributed by atoms with Crippen molar-refractivity contribution in [2.75, 3.05) is 0 Å². The van der Waals surface area contributed by atoms with Gasteiger partial charge in [-0.05, 0) is 36.4 Å². The minimum atomic E-state index is 0.0129. The molecule has 21 heavy (non-hydrogen) atoms. The van der Waals surface area contributed by atoms with Crippen molar-refractivity contribution in [2.24, 2.45) is 0 Å². The molecule has 0 aliphatic heterocycles. The van der Waals surface area contributed by atoms with Crippen molar-refractivity contribution in [2.45, 2.75) is 0 Å². The molecule has 0 amide bonds. The van der Waals surface area contributed by atoms with Gasteiger partial charge in [0.05, 0.1) is 5.56 Å². The maximum atomic E-state index is 9.20. The van der Waals surface area contributed by atoms with Crippen molar-refractivity contribution in [1.29, 1.82) is 0 Å². The normalized spacial score (nSPS) is 10.7. The summed E-state index contributed by atoms with van der Waals surface area (Å²) in [5.41, 5.74) is 2.82. The van der Waals surface area contributed by atoms with Gasteiger partial charge in [-0.25, -0.2) is 0 Å². The van der Waals surface area contributed by atoms with Crippen LogP contribution in [0.4, 0.5) is 0 Å². The van der Waals surface area contributed by atoms with Crippen molar-refractivity contribution < 1.29 is 9.63 Å². The van der Waals surface area contributed by atoms with Crippen molar-refractivity contribution in [3.8, 4) is 28.6 Å². The average molecular weight is 277 g/mol. The maximum Gasteiger partial charge on any atom is 0.258 e. The monoisotopic (exact) mass is 277 g/mol. The molecule has 7 heteroatoms. The van der Waals surface area contributed by atoms with Crippen LogP contribution < -0.4 is 0 Å². The van der Waals surface area contributed by atoms with Crippen LogP contribution in [0.2, 0.25) is 0 Å². The number of H-pyrrole nitrogens is 1. The minimum Gasteiger partial charge on any atom is -0.501 e. The van der Waals surface area contributed by atoms with Crippen molar-refractivity contribution >= 4 is 11.0 Å². The molecule has 2 N–H and O–H groups in total. The Morgan fingerprint density at radius 2 is 1.95 bits per heavy atom. The Labute approximate surface area is 118 Å². The van der Waals surface area contributed by atoms with Crippen molar-refractivity contribution in [1.82, 2.24) is 25.6 Å². The Bertz CT molecular complexity index is 910. The second-order valence-corrected chi connectivity index (χ2v) is 4.33. The van der Waals surface area contributed by atoms with E-state index in [0.29, 0.717) is 17.3 Å². The zero-order chi connectivity index (χ0) is 14.2. The lowest BCUT2D eigenvalue weighted by atomic mass is 10.2. The molecule has 100 valence electrons. The molecular formula is C14H7N5O2. The number of hydrogen-bond acceptors (Lipinski definition) is 6. The predicted molar refractivity (Wildman–Crippen MR) is 72.0 cm³/mol. The van der Waals surface area contributed by atoms with Crippen LogP contribution in [-0.2, 0) is 0 Å². The molecule has 0 aliphatic carbocycles. The molecule has 0 spiro atoms. The maximum absolute atomic E-state index is 9.20. The van der Waals surface area contributed by atoms with Gasteiger partial charge in [0, 0.05) is 5.56 Å². The van der Waals surface area contributed by atoms with E-state index >= 15 is 0 Å². The quantitative estimate of drug-likeness (QED) is 0.581. The van der Waals surface area contributed by atoms with Gasteiger partial charge in [-0.3, -0.25) is 0 Å². The number of hydrogen-bond donors (Lipinski definition) is 2. The first-order valence-corrected chi connectivity index (χ1v) is 6.07. The van der Waals surface area contributed by atoms with Gasteiger partial charge in [0.1, 0.15) is 11.0 Å². The summed E-state index contributed by atoms with van der Waals surface area (Å²) in [5, 5.41) is 23.6. The number of nitrogens with zero attached hydrogens (tertiary/aromatic N) is 4. The van der Waals surface area contributed by atoms with Crippen LogP contribution in [0.5, 0.6) is 5.75 Å². The molecule has 0 saturated carbocycles. The molecule has 4 rings (SSSR count). The van der Waals surface area contributed by atoms with E-state index in [-0.39, 0.29) is 5.75 Å². The van der Waals surface area contributed by atoms with E-state index in [9.17, 15) is 5.11 Å². The van der Waals surface area contributed by atoms with Gasteiger partial charge in [0.15, 0.2) is 5.75 Å². The zero-order valence-electron chi connectivity index (χ0n) is 10.5. The summed E-state index contributed by atoms with van der Waals surface area (Å²) in [6.45, 7) is 0. The molecule has 0 bridgehead atoms. The molecule has 2 heterocycles. The molecule has 0 fully saturated rings. The first-order valence-electron chi connectivity index (χ1n) is 6.07. The van der Waals surface area contributed by atoms with Gasteiger partial charge in [0.25, 0.3) is 5.89 Å². The summed E-state index contributed by atoms with van der Waals surface area (Å²) in [7, 11) is 0. The van der Waals surface area contributed by atoms with E-state index in [1.807, 2.05) is 18.2 Å². The Balaban J connectivity index is 1.74. The Morgan fingerprint density at radius 3 is 2.81 bits per heavy atom. The molecule has 4 aromatic rings. The number of aromatic hydroxyl groups is 1. The van der Waals surface area contributed by atoms with Gasteiger partial charge < -0.3 is 9.63 Å². The number of nitrogens with one attached hydrogen (secondary N) is 1. The fourth-order valence-electron chi connectivity index (χ4n) is 1.93. The van der Waals surface area contributed by atoms with Gasteiger partial charge in [-0.2, -0.15) is 20.4 Å². The summed E-state index contributed by atoms with van der Waals surface area (Å²) in [5.74, 6) is 0.761. The summed E-state index contributed by atoms with van der Waals surface area (Å²) in [4.78, 5) is 4.30. The first-order chi connectivity index (χ1) is 10.3. The Hall–Kier alpha value is -3.40. The summed E-state index contributed by atoms with van der Waals surface area (Å²) in [6, 6.07) is 13.9. The summed E-state index contributed by atoms with van der Waals surface area (Å²) >= 11 is 0. The van der Waals surface area contributed by atoms with E-state index in [0.717, 1.165) is 16.6 Å². The number of aromatic amines is 1. The molecule has 2 aromatic carbocycles. The number of aromatic nitrogens is 5. The highest BCUT2D eigenvalue weighted by Crippen LogP contribution is 2.23. The van der Waals surface area contributed by atoms with E-state index in [4.69, 9.17) is 4.52 Å². The van der Waals surface area contributed by atoms with Crippen molar-refractivity contribution in [3.63, 3.8) is 0 Å². The molecule has 0 saturated heterocycles. The molecular weight excluding hydrogens is 270 g/mol. The molecule has 0 aliphatic rings. The van der Waals surface area contributed by atoms with Crippen LogP contribution in [0.1, 0.15) is 0 Å². The van der Waals surface area contributed by atoms with Crippen LogP contribution in [-0.4, -0.2) is 30.7 Å². The second kappa shape index (κ2) is 4.31. The third-order valence-electron chi connectivity index (χ3n) is 2.96. The number of benzene rings is 1. The Kier molecular flexibility index (Phi) is 2.35. The minimum absolute atomic E-state index is 0.0129. The van der Waals surface area contributed by atoms with Gasteiger partial charge in [0.2, 0.25) is 5.82 Å². The third-order valence-corrected chi connectivity index (χ3v) is 2.96. The standard InChI is InChI=1S/C14H7N5O2/c20-10-4-1-8(2-5-10)13-15-14(21-18-13)9-3-6-11-12(7-9)17-19-16-11/h1,3-4,6-7,20H,(H,16,17,19). The van der Waals surface area contributed by atoms with E-state index < -0.39 is 0 Å². The predicted octanol–water partition coefficient (Wildman–Crippen LogP) is 1.98. The fourth-order valence-corrected chi connectivity index (χ4v) is 1.93. The molecule has 0 radical (unpaired) electrons. The Morgan fingerprint density at radius 1 is 1.05 bits per heavy atom. The van der Waals surface area contributed by atoms with Crippen LogP contribution >= 0.6 is 0 Å². The lowest BCUT2D eigenvalue weighted by Gasteiger charge is -1.92. The molecule has 0 unspecified atom stereocenters. The zero-order valence-corrected chi connectivity index (χ0v) is 10.5. The first kappa shape index (κ1) is 11.4. The van der Waals surface area contributed by atoms with Crippen LogP contribution in [0.3, 0.4) is 0 Å². The van der Waals surface area contributed by atoms with Crippen LogP contribution in [0, 0.1) is 12.1 Å². The fraction of sp³-hybridized carbons (Fsp3) is 0. The number of fused-ring (bicyclic) bond motifs is 1. The molecule has 2 aromatic heterocycles. The lowest BCUT2D eigenvalue weighted by Crippen LogP contribution is -1.80. The highest BCUT2D eigenvalue weighted by molar-refractivity contribution is 5.79. The van der Waals surface area contributed by atoms with Crippen LogP contribution in [0.15, 0.2) is 34.9 Å². The number of rotatable bonds is 2. The van der Waals surface area contributed by atoms with E-state index in [1.165, 1.54) is 6.07 Å². The third kappa shape index (κ3) is 1.95.